The molecule has 114 valence electrons. The zero-order valence-corrected chi connectivity index (χ0v) is 13.2. The Labute approximate surface area is 135 Å². The topological polar surface area (TPSA) is 41.0 Å². The van der Waals surface area contributed by atoms with Crippen LogP contribution in [0.3, 0.4) is 0 Å². The molecule has 23 heavy (non-hydrogen) atoms. The van der Waals surface area contributed by atoms with Gasteiger partial charge in [-0.05, 0) is 49.1 Å². The number of aromatic amines is 1. The van der Waals surface area contributed by atoms with E-state index >= 15 is 0 Å². The summed E-state index contributed by atoms with van der Waals surface area (Å²) in [5, 5.41) is 1.27. The Morgan fingerprint density at radius 1 is 1.13 bits per heavy atom. The molecule has 3 aromatic rings. The van der Waals surface area contributed by atoms with Gasteiger partial charge in [0, 0.05) is 47.2 Å². The van der Waals surface area contributed by atoms with Crippen LogP contribution in [0.25, 0.3) is 16.5 Å². The highest BCUT2D eigenvalue weighted by Gasteiger charge is 2.18. The van der Waals surface area contributed by atoms with E-state index in [1.54, 1.807) is 0 Å². The van der Waals surface area contributed by atoms with Crippen LogP contribution < -0.4 is 0 Å². The Morgan fingerprint density at radius 2 is 2.04 bits per heavy atom. The Bertz CT molecular complexity index is 901. The van der Waals surface area contributed by atoms with E-state index in [2.05, 4.69) is 53.4 Å². The number of pyridine rings is 1. The predicted molar refractivity (Wildman–Crippen MR) is 95.8 cm³/mol. The first-order valence-electron chi connectivity index (χ1n) is 8.06. The molecule has 1 aliphatic rings. The van der Waals surface area contributed by atoms with Crippen LogP contribution in [0.1, 0.15) is 30.9 Å². The molecule has 0 saturated heterocycles. The van der Waals surface area contributed by atoms with Crippen LogP contribution in [0.15, 0.2) is 65.6 Å². The summed E-state index contributed by atoms with van der Waals surface area (Å²) < 4.78 is 0. The van der Waals surface area contributed by atoms with Gasteiger partial charge in [-0.3, -0.25) is 9.98 Å². The summed E-state index contributed by atoms with van der Waals surface area (Å²) in [5.74, 6) is 0. The van der Waals surface area contributed by atoms with Crippen molar-refractivity contribution in [3.8, 4) is 0 Å². The summed E-state index contributed by atoms with van der Waals surface area (Å²) in [6.45, 7) is 3.11. The van der Waals surface area contributed by atoms with E-state index in [1.807, 2.05) is 18.5 Å². The zero-order chi connectivity index (χ0) is 15.6. The average Bonchev–Trinajstić information content (AvgIpc) is 3.06. The zero-order valence-electron chi connectivity index (χ0n) is 13.2. The quantitative estimate of drug-likeness (QED) is 0.737. The molecular formula is C20H19N3. The van der Waals surface area contributed by atoms with Crippen molar-refractivity contribution in [3.63, 3.8) is 0 Å². The fourth-order valence-electron chi connectivity index (χ4n) is 3.34. The smallest absolute Gasteiger partial charge is 0.0696 e. The summed E-state index contributed by atoms with van der Waals surface area (Å²) >= 11 is 0. The molecule has 0 bridgehead atoms. The normalized spacial score (nSPS) is 17.2. The standard InChI is InChI=1S/C20H19N3/c1-14(18-13-23-19-9-3-2-7-17(18)19)16-8-5-11-22-20(16)15-6-4-10-21-12-15/h2-4,6-7,9-10,12-13,23H,5,8,11H2,1H3. The number of H-pyrrole nitrogens is 1. The number of nitrogens with zero attached hydrogens (tertiary/aromatic N) is 2. The average molecular weight is 301 g/mol. The number of fused-ring (bicyclic) bond motifs is 1. The number of hydrogen-bond donors (Lipinski definition) is 1. The molecule has 0 radical (unpaired) electrons. The second kappa shape index (κ2) is 5.84. The lowest BCUT2D eigenvalue weighted by Crippen LogP contribution is -2.13. The van der Waals surface area contributed by atoms with Crippen LogP contribution in [0, 0.1) is 0 Å². The summed E-state index contributed by atoms with van der Waals surface area (Å²) in [4.78, 5) is 12.4. The third-order valence-electron chi connectivity index (χ3n) is 4.52. The fourth-order valence-corrected chi connectivity index (χ4v) is 3.34. The van der Waals surface area contributed by atoms with Crippen LogP contribution in [0.4, 0.5) is 0 Å². The first-order chi connectivity index (χ1) is 11.3. The molecule has 1 aromatic carbocycles. The molecule has 3 heterocycles. The third-order valence-corrected chi connectivity index (χ3v) is 4.52. The number of aliphatic imine (C=N–C) groups is 1. The molecule has 0 amide bonds. The van der Waals surface area contributed by atoms with Crippen molar-refractivity contribution in [2.45, 2.75) is 19.8 Å². The molecular weight excluding hydrogens is 282 g/mol. The van der Waals surface area contributed by atoms with Crippen molar-refractivity contribution in [2.75, 3.05) is 6.54 Å². The molecule has 0 fully saturated rings. The summed E-state index contributed by atoms with van der Waals surface area (Å²) in [6.07, 6.45) is 8.01. The Morgan fingerprint density at radius 3 is 2.91 bits per heavy atom. The van der Waals surface area contributed by atoms with Crippen molar-refractivity contribution in [2.24, 2.45) is 4.99 Å². The molecule has 0 spiro atoms. The van der Waals surface area contributed by atoms with Crippen LogP contribution in [-0.2, 0) is 0 Å². The maximum Gasteiger partial charge on any atom is 0.0696 e. The minimum absolute atomic E-state index is 0.898. The van der Waals surface area contributed by atoms with Crippen LogP contribution in [0.2, 0.25) is 0 Å². The van der Waals surface area contributed by atoms with Gasteiger partial charge in [0.2, 0.25) is 0 Å². The van der Waals surface area contributed by atoms with Gasteiger partial charge in [0.05, 0.1) is 5.71 Å². The first-order valence-corrected chi connectivity index (χ1v) is 8.06. The van der Waals surface area contributed by atoms with Crippen molar-refractivity contribution in [1.82, 2.24) is 9.97 Å². The second-order valence-electron chi connectivity index (χ2n) is 5.93. The monoisotopic (exact) mass is 301 g/mol. The molecule has 4 rings (SSSR count). The minimum atomic E-state index is 0.898. The van der Waals surface area contributed by atoms with Crippen LogP contribution in [-0.4, -0.2) is 22.2 Å². The van der Waals surface area contributed by atoms with Crippen LogP contribution in [0.5, 0.6) is 0 Å². The number of rotatable bonds is 2. The predicted octanol–water partition coefficient (Wildman–Crippen LogP) is 4.62. The molecule has 3 nitrogen and oxygen atoms in total. The van der Waals surface area contributed by atoms with Crippen molar-refractivity contribution >= 4 is 22.2 Å². The van der Waals surface area contributed by atoms with E-state index in [1.165, 1.54) is 27.6 Å². The second-order valence-corrected chi connectivity index (χ2v) is 5.93. The number of benzene rings is 1. The van der Waals surface area contributed by atoms with Gasteiger partial charge >= 0.3 is 0 Å². The number of para-hydroxylation sites is 1. The van der Waals surface area contributed by atoms with Crippen molar-refractivity contribution in [3.05, 3.63) is 71.7 Å². The number of aromatic nitrogens is 2. The Hall–Kier alpha value is -2.68. The molecule has 1 aliphatic heterocycles. The number of nitrogens with one attached hydrogen (secondary N) is 1. The third kappa shape index (κ3) is 2.48. The highest BCUT2D eigenvalue weighted by Crippen LogP contribution is 2.31. The first kappa shape index (κ1) is 13.9. The summed E-state index contributed by atoms with van der Waals surface area (Å²) in [6, 6.07) is 12.5. The SMILES string of the molecule is CC(=C1CCCN=C1c1cccnc1)c1c[nH]c2ccccc12. The molecule has 0 aliphatic carbocycles. The van der Waals surface area contributed by atoms with E-state index in [9.17, 15) is 0 Å². The van der Waals surface area contributed by atoms with Crippen LogP contribution >= 0.6 is 0 Å². The van der Waals surface area contributed by atoms with Gasteiger partial charge in [0.1, 0.15) is 0 Å². The summed E-state index contributed by atoms with van der Waals surface area (Å²) in [5.41, 5.74) is 7.32. The number of allylic oxidation sites excluding steroid dienone is 2. The lowest BCUT2D eigenvalue weighted by molar-refractivity contribution is 0.816. The fraction of sp³-hybridized carbons (Fsp3) is 0.200. The van der Waals surface area contributed by atoms with Gasteiger partial charge in [-0.1, -0.05) is 18.2 Å². The maximum atomic E-state index is 4.80. The van der Waals surface area contributed by atoms with E-state index < -0.39 is 0 Å². The number of hydrogen-bond acceptors (Lipinski definition) is 2. The van der Waals surface area contributed by atoms with E-state index in [-0.39, 0.29) is 0 Å². The van der Waals surface area contributed by atoms with E-state index in [4.69, 9.17) is 4.99 Å². The molecule has 2 aromatic heterocycles. The highest BCUT2D eigenvalue weighted by atomic mass is 14.8. The van der Waals surface area contributed by atoms with Gasteiger partial charge in [-0.15, -0.1) is 0 Å². The Balaban J connectivity index is 1.87. The lowest BCUT2D eigenvalue weighted by atomic mass is 9.90. The van der Waals surface area contributed by atoms with Gasteiger partial charge in [-0.25, -0.2) is 0 Å². The summed E-state index contributed by atoms with van der Waals surface area (Å²) in [7, 11) is 0. The van der Waals surface area contributed by atoms with Crippen molar-refractivity contribution < 1.29 is 0 Å². The van der Waals surface area contributed by atoms with Gasteiger partial charge in [-0.2, -0.15) is 0 Å². The molecule has 1 N–H and O–H groups in total. The van der Waals surface area contributed by atoms with Gasteiger partial charge in [0.15, 0.2) is 0 Å². The molecule has 0 saturated carbocycles. The highest BCUT2D eigenvalue weighted by molar-refractivity contribution is 6.17. The molecule has 0 atom stereocenters. The Kier molecular flexibility index (Phi) is 3.54. The molecule has 3 heteroatoms. The largest absolute Gasteiger partial charge is 0.361 e. The van der Waals surface area contributed by atoms with E-state index in [0.29, 0.717) is 0 Å². The minimum Gasteiger partial charge on any atom is -0.361 e. The van der Waals surface area contributed by atoms with Crippen molar-refractivity contribution in [1.29, 1.82) is 0 Å². The lowest BCUT2D eigenvalue weighted by Gasteiger charge is -2.19. The molecule has 0 unspecified atom stereocenters. The van der Waals surface area contributed by atoms with E-state index in [0.717, 1.165) is 30.7 Å². The van der Waals surface area contributed by atoms with Gasteiger partial charge < -0.3 is 4.98 Å². The maximum absolute atomic E-state index is 4.80. The van der Waals surface area contributed by atoms with Gasteiger partial charge in [0.25, 0.3) is 0 Å².